The van der Waals surface area contributed by atoms with Gasteiger partial charge in [0, 0.05) is 11.1 Å². The Bertz CT molecular complexity index is 1190. The van der Waals surface area contributed by atoms with Gasteiger partial charge < -0.3 is 9.47 Å². The molecular formula is C23H18N2O4S. The molecule has 0 fully saturated rings. The van der Waals surface area contributed by atoms with Crippen LogP contribution in [0.5, 0.6) is 11.5 Å². The first kappa shape index (κ1) is 19.6. The maximum atomic E-state index is 12.4. The lowest BCUT2D eigenvalue weighted by Crippen LogP contribution is -2.20. The number of rotatable bonds is 7. The average Bonchev–Trinajstić information content (AvgIpc) is 3.19. The molecule has 0 atom stereocenters. The molecule has 1 heterocycles. The number of ketones is 1. The van der Waals surface area contributed by atoms with E-state index in [0.29, 0.717) is 22.0 Å². The summed E-state index contributed by atoms with van der Waals surface area (Å²) in [5.41, 5.74) is 1.97. The Kier molecular flexibility index (Phi) is 5.72. The van der Waals surface area contributed by atoms with Crippen molar-refractivity contribution in [3.63, 3.8) is 0 Å². The number of hydrogen-bond donors (Lipinski definition) is 1. The van der Waals surface area contributed by atoms with Gasteiger partial charge >= 0.3 is 0 Å². The fraction of sp³-hybridized carbons (Fsp3) is 0.0870. The monoisotopic (exact) mass is 418 g/mol. The molecule has 6 nitrogen and oxygen atoms in total. The number of nitrogens with one attached hydrogen (secondary N) is 1. The van der Waals surface area contributed by atoms with Crippen LogP contribution < -0.4 is 14.8 Å². The minimum absolute atomic E-state index is 0.0626. The third kappa shape index (κ3) is 4.47. The van der Waals surface area contributed by atoms with Gasteiger partial charge in [-0.1, -0.05) is 41.7 Å². The summed E-state index contributed by atoms with van der Waals surface area (Å²) in [4.78, 5) is 29.0. The SMILES string of the molecule is COc1ccc2nc(NC(=O)COc3ccc(C(=O)c4ccccc4)cc3)sc2c1. The van der Waals surface area contributed by atoms with Crippen molar-refractivity contribution in [2.24, 2.45) is 0 Å². The van der Waals surface area contributed by atoms with E-state index < -0.39 is 0 Å². The van der Waals surface area contributed by atoms with Gasteiger partial charge in [0.25, 0.3) is 5.91 Å². The molecule has 0 saturated carbocycles. The molecule has 1 aromatic heterocycles. The molecule has 0 unspecified atom stereocenters. The standard InChI is InChI=1S/C23H18N2O4S/c1-28-18-11-12-19-20(13-18)30-23(24-19)25-21(26)14-29-17-9-7-16(8-10-17)22(27)15-5-3-2-4-6-15/h2-13H,14H2,1H3,(H,24,25,26). The van der Waals surface area contributed by atoms with Crippen molar-refractivity contribution >= 4 is 38.4 Å². The van der Waals surface area contributed by atoms with E-state index in [4.69, 9.17) is 9.47 Å². The second-order valence-electron chi connectivity index (χ2n) is 6.41. The van der Waals surface area contributed by atoms with Gasteiger partial charge in [-0.25, -0.2) is 4.98 Å². The van der Waals surface area contributed by atoms with Crippen molar-refractivity contribution in [1.29, 1.82) is 0 Å². The van der Waals surface area contributed by atoms with Gasteiger partial charge in [0.2, 0.25) is 0 Å². The summed E-state index contributed by atoms with van der Waals surface area (Å²) in [5, 5.41) is 3.23. The fourth-order valence-corrected chi connectivity index (χ4v) is 3.76. The van der Waals surface area contributed by atoms with E-state index in [9.17, 15) is 9.59 Å². The van der Waals surface area contributed by atoms with Crippen LogP contribution in [-0.2, 0) is 4.79 Å². The van der Waals surface area contributed by atoms with Crippen LogP contribution in [0, 0.1) is 0 Å². The van der Waals surface area contributed by atoms with E-state index in [0.717, 1.165) is 16.0 Å². The molecule has 1 amide bonds. The van der Waals surface area contributed by atoms with Gasteiger partial charge in [-0.05, 0) is 42.5 Å². The Labute approximate surface area is 177 Å². The highest BCUT2D eigenvalue weighted by Gasteiger charge is 2.11. The molecule has 0 spiro atoms. The second-order valence-corrected chi connectivity index (χ2v) is 7.44. The Morgan fingerprint density at radius 2 is 1.63 bits per heavy atom. The highest BCUT2D eigenvalue weighted by atomic mass is 32.1. The van der Waals surface area contributed by atoms with E-state index in [-0.39, 0.29) is 18.3 Å². The number of fused-ring (bicyclic) bond motifs is 1. The molecule has 7 heteroatoms. The molecule has 0 saturated heterocycles. The molecule has 30 heavy (non-hydrogen) atoms. The molecule has 0 bridgehead atoms. The highest BCUT2D eigenvalue weighted by Crippen LogP contribution is 2.29. The van der Waals surface area contributed by atoms with E-state index in [2.05, 4.69) is 10.3 Å². The lowest BCUT2D eigenvalue weighted by atomic mass is 10.0. The minimum atomic E-state index is -0.314. The maximum Gasteiger partial charge on any atom is 0.264 e. The summed E-state index contributed by atoms with van der Waals surface area (Å²) in [5.74, 6) is 0.864. The molecule has 0 aliphatic carbocycles. The first-order valence-corrected chi connectivity index (χ1v) is 10.0. The highest BCUT2D eigenvalue weighted by molar-refractivity contribution is 7.22. The van der Waals surface area contributed by atoms with Crippen LogP contribution >= 0.6 is 11.3 Å². The van der Waals surface area contributed by atoms with Gasteiger partial charge in [0.1, 0.15) is 11.5 Å². The Morgan fingerprint density at radius 1 is 0.933 bits per heavy atom. The smallest absolute Gasteiger partial charge is 0.264 e. The minimum Gasteiger partial charge on any atom is -0.497 e. The first-order valence-electron chi connectivity index (χ1n) is 9.19. The number of methoxy groups -OCH3 is 1. The van der Waals surface area contributed by atoms with Gasteiger partial charge in [0.15, 0.2) is 17.5 Å². The summed E-state index contributed by atoms with van der Waals surface area (Å²) in [7, 11) is 1.60. The van der Waals surface area contributed by atoms with Gasteiger partial charge in [-0.2, -0.15) is 0 Å². The zero-order valence-electron chi connectivity index (χ0n) is 16.1. The number of ether oxygens (including phenoxy) is 2. The molecule has 4 rings (SSSR count). The molecular weight excluding hydrogens is 400 g/mol. The zero-order chi connectivity index (χ0) is 20.9. The van der Waals surface area contributed by atoms with Crippen molar-refractivity contribution < 1.29 is 19.1 Å². The number of anilines is 1. The predicted octanol–water partition coefficient (Wildman–Crippen LogP) is 4.55. The van der Waals surface area contributed by atoms with Crippen LogP contribution in [0.4, 0.5) is 5.13 Å². The van der Waals surface area contributed by atoms with Crippen molar-refractivity contribution in [2.75, 3.05) is 19.0 Å². The van der Waals surface area contributed by atoms with Crippen LogP contribution in [0.15, 0.2) is 72.8 Å². The lowest BCUT2D eigenvalue weighted by Gasteiger charge is -2.07. The van der Waals surface area contributed by atoms with E-state index >= 15 is 0 Å². The summed E-state index contributed by atoms with van der Waals surface area (Å²) < 4.78 is 11.6. The maximum absolute atomic E-state index is 12.4. The number of hydrogen-bond acceptors (Lipinski definition) is 6. The number of amides is 1. The fourth-order valence-electron chi connectivity index (χ4n) is 2.85. The van der Waals surface area contributed by atoms with Crippen molar-refractivity contribution in [1.82, 2.24) is 4.98 Å². The number of carbonyl (C=O) groups excluding carboxylic acids is 2. The van der Waals surface area contributed by atoms with Crippen LogP contribution in [0.3, 0.4) is 0 Å². The molecule has 0 aliphatic heterocycles. The number of carbonyl (C=O) groups is 2. The molecule has 1 N–H and O–H groups in total. The summed E-state index contributed by atoms with van der Waals surface area (Å²) in [6.07, 6.45) is 0. The summed E-state index contributed by atoms with van der Waals surface area (Å²) in [6, 6.07) is 21.3. The van der Waals surface area contributed by atoms with Crippen LogP contribution in [-0.4, -0.2) is 30.4 Å². The molecule has 150 valence electrons. The number of benzene rings is 3. The Morgan fingerprint density at radius 3 is 2.37 bits per heavy atom. The predicted molar refractivity (Wildman–Crippen MR) is 117 cm³/mol. The topological polar surface area (TPSA) is 77.5 Å². The second kappa shape index (κ2) is 8.75. The lowest BCUT2D eigenvalue weighted by molar-refractivity contribution is -0.118. The van der Waals surface area contributed by atoms with E-state index in [1.54, 1.807) is 43.5 Å². The van der Waals surface area contributed by atoms with E-state index in [1.807, 2.05) is 36.4 Å². The number of aromatic nitrogens is 1. The van der Waals surface area contributed by atoms with Crippen LogP contribution in [0.25, 0.3) is 10.2 Å². The number of thiazole rings is 1. The van der Waals surface area contributed by atoms with Crippen LogP contribution in [0.2, 0.25) is 0 Å². The third-order valence-corrected chi connectivity index (χ3v) is 5.30. The van der Waals surface area contributed by atoms with Crippen molar-refractivity contribution in [2.45, 2.75) is 0 Å². The van der Waals surface area contributed by atoms with E-state index in [1.165, 1.54) is 11.3 Å². The number of nitrogens with zero attached hydrogens (tertiary/aromatic N) is 1. The third-order valence-electron chi connectivity index (χ3n) is 4.36. The quantitative estimate of drug-likeness (QED) is 0.446. The normalized spacial score (nSPS) is 10.6. The molecule has 0 radical (unpaired) electrons. The van der Waals surface area contributed by atoms with Gasteiger partial charge in [0.05, 0.1) is 17.3 Å². The van der Waals surface area contributed by atoms with Gasteiger partial charge in [-0.15, -0.1) is 0 Å². The Hall–Kier alpha value is -3.71. The van der Waals surface area contributed by atoms with Crippen molar-refractivity contribution in [3.8, 4) is 11.5 Å². The largest absolute Gasteiger partial charge is 0.497 e. The summed E-state index contributed by atoms with van der Waals surface area (Å²) in [6.45, 7) is -0.161. The van der Waals surface area contributed by atoms with Gasteiger partial charge in [-0.3, -0.25) is 14.9 Å². The zero-order valence-corrected chi connectivity index (χ0v) is 16.9. The summed E-state index contributed by atoms with van der Waals surface area (Å²) >= 11 is 1.36. The average molecular weight is 418 g/mol. The van der Waals surface area contributed by atoms with Crippen molar-refractivity contribution in [3.05, 3.63) is 83.9 Å². The molecule has 4 aromatic rings. The first-order chi connectivity index (χ1) is 14.6. The molecule has 3 aromatic carbocycles. The van der Waals surface area contributed by atoms with Crippen LogP contribution in [0.1, 0.15) is 15.9 Å². The molecule has 0 aliphatic rings. The Balaban J connectivity index is 1.34.